The van der Waals surface area contributed by atoms with Gasteiger partial charge in [-0.1, -0.05) is 80.6 Å². The van der Waals surface area contributed by atoms with E-state index in [2.05, 4.69) is 10.0 Å². The largest absolute Gasteiger partial charge is 0.396 e. The summed E-state index contributed by atoms with van der Waals surface area (Å²) in [5.41, 5.74) is 4.09. The Morgan fingerprint density at radius 3 is 2.31 bits per heavy atom. The molecule has 4 atom stereocenters. The molecule has 0 spiro atoms. The number of aliphatic hydroxyl groups excluding tert-OH is 2. The van der Waals surface area contributed by atoms with Crippen LogP contribution in [0, 0.1) is 11.8 Å². The number of benzene rings is 3. The summed E-state index contributed by atoms with van der Waals surface area (Å²) in [4.78, 5) is 13.7. The van der Waals surface area contributed by atoms with Crippen LogP contribution in [0.25, 0.3) is 0 Å². The fraction of sp³-hybridized carbons (Fsp3) is 0.387. The maximum Gasteiger partial charge on any atom is 0.240 e. The lowest BCUT2D eigenvalue weighted by Crippen LogP contribution is -2.40. The van der Waals surface area contributed by atoms with Gasteiger partial charge in [-0.3, -0.25) is 4.79 Å². The van der Waals surface area contributed by atoms with Crippen LogP contribution in [0.5, 0.6) is 0 Å². The predicted octanol–water partition coefficient (Wildman–Crippen LogP) is 3.72. The number of carbonyl (C=O) groups excluding carboxylic acids is 1. The molecule has 208 valence electrons. The van der Waals surface area contributed by atoms with Crippen molar-refractivity contribution in [3.63, 3.8) is 0 Å². The number of fused-ring (bicyclic) bond motifs is 1. The fourth-order valence-corrected chi connectivity index (χ4v) is 6.30. The molecule has 1 aliphatic rings. The van der Waals surface area contributed by atoms with Gasteiger partial charge in [-0.05, 0) is 59.6 Å². The number of hydrogen-bond acceptors (Lipinski definition) is 5. The molecule has 1 amide bonds. The Morgan fingerprint density at radius 1 is 0.974 bits per heavy atom. The topological polar surface area (TPSA) is 116 Å². The van der Waals surface area contributed by atoms with E-state index in [0.29, 0.717) is 12.8 Å². The van der Waals surface area contributed by atoms with Gasteiger partial charge >= 0.3 is 0 Å². The third-order valence-electron chi connectivity index (χ3n) is 7.49. The van der Waals surface area contributed by atoms with Gasteiger partial charge in [0, 0.05) is 25.0 Å². The van der Waals surface area contributed by atoms with Crippen molar-refractivity contribution in [2.45, 2.75) is 56.1 Å². The summed E-state index contributed by atoms with van der Waals surface area (Å²) in [6, 6.07) is 23.8. The van der Waals surface area contributed by atoms with Crippen LogP contribution in [0.4, 0.5) is 0 Å². The van der Waals surface area contributed by atoms with Gasteiger partial charge in [0.15, 0.2) is 0 Å². The van der Waals surface area contributed by atoms with Crippen LogP contribution in [0.1, 0.15) is 54.5 Å². The molecule has 7 nitrogen and oxygen atoms in total. The fourth-order valence-electron chi connectivity index (χ4n) is 5.23. The van der Waals surface area contributed by atoms with Gasteiger partial charge in [0.25, 0.3) is 0 Å². The van der Waals surface area contributed by atoms with E-state index in [4.69, 9.17) is 0 Å². The van der Waals surface area contributed by atoms with Crippen molar-refractivity contribution in [2.75, 3.05) is 13.2 Å². The molecule has 3 aromatic rings. The lowest BCUT2D eigenvalue weighted by atomic mass is 9.91. The quantitative estimate of drug-likeness (QED) is 0.274. The van der Waals surface area contributed by atoms with Crippen molar-refractivity contribution in [2.24, 2.45) is 11.8 Å². The van der Waals surface area contributed by atoms with Crippen LogP contribution in [0.2, 0.25) is 0 Å². The van der Waals surface area contributed by atoms with Gasteiger partial charge in [-0.25, -0.2) is 13.1 Å². The van der Waals surface area contributed by atoms with Crippen molar-refractivity contribution in [1.29, 1.82) is 0 Å². The number of hydrogen-bond donors (Lipinski definition) is 4. The summed E-state index contributed by atoms with van der Waals surface area (Å²) in [6.45, 7) is 3.81. The van der Waals surface area contributed by atoms with Gasteiger partial charge < -0.3 is 15.5 Å². The van der Waals surface area contributed by atoms with Crippen LogP contribution in [0.15, 0.2) is 83.8 Å². The number of rotatable bonds is 12. The summed E-state index contributed by atoms with van der Waals surface area (Å²) in [7, 11) is -3.81. The maximum atomic E-state index is 13.6. The second-order valence-electron chi connectivity index (χ2n) is 10.7. The van der Waals surface area contributed by atoms with Crippen molar-refractivity contribution in [1.82, 2.24) is 10.0 Å². The molecule has 0 heterocycles. The highest BCUT2D eigenvalue weighted by Gasteiger charge is 2.35. The zero-order valence-corrected chi connectivity index (χ0v) is 23.3. The molecule has 0 bridgehead atoms. The number of aliphatic hydroxyl groups is 2. The van der Waals surface area contributed by atoms with Crippen LogP contribution < -0.4 is 10.0 Å². The minimum atomic E-state index is -3.81. The van der Waals surface area contributed by atoms with E-state index in [1.165, 1.54) is 0 Å². The maximum absolute atomic E-state index is 13.6. The molecule has 8 heteroatoms. The molecule has 0 saturated heterocycles. The van der Waals surface area contributed by atoms with E-state index in [1.807, 2.05) is 68.4 Å². The molecule has 4 unspecified atom stereocenters. The summed E-state index contributed by atoms with van der Waals surface area (Å²) in [5.74, 6) is -0.660. The van der Waals surface area contributed by atoms with Crippen molar-refractivity contribution in [3.8, 4) is 0 Å². The van der Waals surface area contributed by atoms with E-state index < -0.39 is 22.0 Å². The normalized spacial score (nSPS) is 18.5. The second kappa shape index (κ2) is 12.9. The smallest absolute Gasteiger partial charge is 0.240 e. The lowest BCUT2D eigenvalue weighted by Gasteiger charge is -2.25. The SMILES string of the molecule is CC(C)c1ccc(S(=O)(=O)NCC(O)CC(Cc2ccccc2)C(=O)NC2c3ccccc3CC2CO)cc1. The number of amides is 1. The average molecular weight is 551 g/mol. The van der Waals surface area contributed by atoms with Gasteiger partial charge in [-0.15, -0.1) is 0 Å². The molecular formula is C31H38N2O5S. The molecular weight excluding hydrogens is 512 g/mol. The average Bonchev–Trinajstić information content (AvgIpc) is 3.29. The van der Waals surface area contributed by atoms with E-state index in [0.717, 1.165) is 22.3 Å². The standard InChI is InChI=1S/C31H38N2O5S/c1-21(2)23-12-14-28(15-13-23)39(37,38)32-19-27(35)18-25(16-22-8-4-3-5-9-22)31(36)33-30-26(20-34)17-24-10-6-7-11-29(24)30/h3-15,21,25-27,30,32,34-35H,16-20H2,1-2H3,(H,33,36). The Labute approximate surface area is 231 Å². The second-order valence-corrected chi connectivity index (χ2v) is 12.5. The van der Waals surface area contributed by atoms with Crippen LogP contribution >= 0.6 is 0 Å². The van der Waals surface area contributed by atoms with E-state index >= 15 is 0 Å². The molecule has 0 radical (unpaired) electrons. The summed E-state index contributed by atoms with van der Waals surface area (Å²) < 4.78 is 28.1. The summed E-state index contributed by atoms with van der Waals surface area (Å²) in [5, 5.41) is 23.9. The van der Waals surface area contributed by atoms with Crippen LogP contribution in [-0.4, -0.2) is 43.8 Å². The highest BCUT2D eigenvalue weighted by atomic mass is 32.2. The molecule has 4 N–H and O–H groups in total. The number of sulfonamides is 1. The van der Waals surface area contributed by atoms with E-state index in [1.54, 1.807) is 24.3 Å². The zero-order chi connectivity index (χ0) is 28.0. The van der Waals surface area contributed by atoms with Gasteiger partial charge in [0.05, 0.1) is 17.0 Å². The Balaban J connectivity index is 1.45. The first-order chi connectivity index (χ1) is 18.7. The van der Waals surface area contributed by atoms with Crippen molar-refractivity contribution in [3.05, 3.63) is 101 Å². The Bertz CT molecular complexity index is 1340. The van der Waals surface area contributed by atoms with Crippen molar-refractivity contribution >= 4 is 15.9 Å². The molecule has 1 aliphatic carbocycles. The summed E-state index contributed by atoms with van der Waals surface area (Å²) in [6.07, 6.45) is 0.0846. The Kier molecular flexibility index (Phi) is 9.56. The first-order valence-electron chi connectivity index (χ1n) is 13.5. The van der Waals surface area contributed by atoms with Crippen LogP contribution in [0.3, 0.4) is 0 Å². The van der Waals surface area contributed by atoms with Crippen molar-refractivity contribution < 1.29 is 23.4 Å². The highest BCUT2D eigenvalue weighted by Crippen LogP contribution is 2.36. The summed E-state index contributed by atoms with van der Waals surface area (Å²) >= 11 is 0. The molecule has 3 aromatic carbocycles. The molecule has 0 saturated carbocycles. The van der Waals surface area contributed by atoms with Gasteiger partial charge in [0.1, 0.15) is 0 Å². The molecule has 0 aromatic heterocycles. The minimum absolute atomic E-state index is 0.0501. The molecule has 4 rings (SSSR count). The third-order valence-corrected chi connectivity index (χ3v) is 8.93. The molecule has 0 aliphatic heterocycles. The van der Waals surface area contributed by atoms with E-state index in [-0.39, 0.29) is 48.3 Å². The number of nitrogens with one attached hydrogen (secondary N) is 2. The van der Waals surface area contributed by atoms with Gasteiger partial charge in [-0.2, -0.15) is 0 Å². The number of carbonyl (C=O) groups is 1. The van der Waals surface area contributed by atoms with Crippen LogP contribution in [-0.2, 0) is 27.7 Å². The van der Waals surface area contributed by atoms with Gasteiger partial charge in [0.2, 0.25) is 15.9 Å². The first kappa shape index (κ1) is 29.0. The lowest BCUT2D eigenvalue weighted by molar-refractivity contribution is -0.127. The third kappa shape index (κ3) is 7.33. The minimum Gasteiger partial charge on any atom is -0.396 e. The monoisotopic (exact) mass is 550 g/mol. The first-order valence-corrected chi connectivity index (χ1v) is 15.0. The molecule has 0 fully saturated rings. The zero-order valence-electron chi connectivity index (χ0n) is 22.5. The molecule has 39 heavy (non-hydrogen) atoms. The predicted molar refractivity (Wildman–Crippen MR) is 152 cm³/mol. The highest BCUT2D eigenvalue weighted by molar-refractivity contribution is 7.89. The Morgan fingerprint density at radius 2 is 1.64 bits per heavy atom. The Hall–Kier alpha value is -3.04. The van der Waals surface area contributed by atoms with E-state index in [9.17, 15) is 23.4 Å².